The fourth-order valence-corrected chi connectivity index (χ4v) is 5.71. The Labute approximate surface area is 132 Å². The molecule has 0 saturated heterocycles. The molecule has 3 aliphatic rings. The Hall–Kier alpha value is -1.31. The molecule has 4 atom stereocenters. The van der Waals surface area contributed by atoms with E-state index >= 15 is 0 Å². The van der Waals surface area contributed by atoms with Gasteiger partial charge in [0.15, 0.2) is 0 Å². The Kier molecular flexibility index (Phi) is 3.15. The molecule has 3 aliphatic carbocycles. The summed E-state index contributed by atoms with van der Waals surface area (Å²) in [5.41, 5.74) is 3.87. The largest absolute Gasteiger partial charge is 0.508 e. The minimum atomic E-state index is -0.0385. The van der Waals surface area contributed by atoms with Crippen LogP contribution in [0.5, 0.6) is 5.75 Å². The molecule has 22 heavy (non-hydrogen) atoms. The second kappa shape index (κ2) is 4.84. The van der Waals surface area contributed by atoms with E-state index in [0.717, 1.165) is 44.1 Å². The lowest BCUT2D eigenvalue weighted by Crippen LogP contribution is -2.42. The van der Waals surface area contributed by atoms with Crippen LogP contribution in [0.15, 0.2) is 12.1 Å². The van der Waals surface area contributed by atoms with Crippen molar-refractivity contribution in [3.63, 3.8) is 0 Å². The second-order valence-corrected chi connectivity index (χ2v) is 7.87. The number of hydrogen-bond acceptors (Lipinski definition) is 2. The molecule has 2 nitrogen and oxygen atoms in total. The molecule has 0 radical (unpaired) electrons. The Bertz CT molecular complexity index is 633. The van der Waals surface area contributed by atoms with Crippen molar-refractivity contribution in [3.05, 3.63) is 28.8 Å². The third kappa shape index (κ3) is 1.82. The molecule has 1 aromatic rings. The van der Waals surface area contributed by atoms with Gasteiger partial charge >= 0.3 is 0 Å². The van der Waals surface area contributed by atoms with Crippen molar-refractivity contribution in [3.8, 4) is 5.75 Å². The molecule has 1 N–H and O–H groups in total. The zero-order valence-electron chi connectivity index (χ0n) is 13.7. The number of benzene rings is 1. The van der Waals surface area contributed by atoms with Gasteiger partial charge in [0.1, 0.15) is 11.5 Å². The maximum atomic E-state index is 12.4. The molecule has 2 fully saturated rings. The van der Waals surface area contributed by atoms with Crippen LogP contribution in [-0.4, -0.2) is 10.9 Å². The van der Waals surface area contributed by atoms with Crippen LogP contribution in [0, 0.1) is 17.3 Å². The summed E-state index contributed by atoms with van der Waals surface area (Å²) in [7, 11) is 0. The highest BCUT2D eigenvalue weighted by atomic mass is 16.3. The van der Waals surface area contributed by atoms with Crippen molar-refractivity contribution < 1.29 is 9.90 Å². The van der Waals surface area contributed by atoms with Crippen molar-refractivity contribution in [1.29, 1.82) is 0 Å². The molecule has 2 saturated carbocycles. The number of carbonyl (C=O) groups is 1. The predicted molar refractivity (Wildman–Crippen MR) is 87.1 cm³/mol. The summed E-state index contributed by atoms with van der Waals surface area (Å²) < 4.78 is 0. The first-order valence-corrected chi connectivity index (χ1v) is 8.92. The van der Waals surface area contributed by atoms with Gasteiger partial charge in [0.2, 0.25) is 0 Å². The van der Waals surface area contributed by atoms with Gasteiger partial charge in [-0.3, -0.25) is 4.79 Å². The predicted octanol–water partition coefficient (Wildman–Crippen LogP) is 4.38. The van der Waals surface area contributed by atoms with Crippen LogP contribution in [0.3, 0.4) is 0 Å². The maximum Gasteiger partial charge on any atom is 0.139 e. The molecule has 4 rings (SSSR count). The molecule has 0 heterocycles. The van der Waals surface area contributed by atoms with Crippen molar-refractivity contribution in [2.75, 3.05) is 0 Å². The number of aryl methyl sites for hydroxylation is 2. The molecule has 0 amide bonds. The van der Waals surface area contributed by atoms with Gasteiger partial charge in [-0.25, -0.2) is 0 Å². The Morgan fingerprint density at radius 1 is 1.23 bits per heavy atom. The zero-order chi connectivity index (χ0) is 15.5. The summed E-state index contributed by atoms with van der Waals surface area (Å²) in [6, 6.07) is 4.28. The normalized spacial score (nSPS) is 36.6. The van der Waals surface area contributed by atoms with Crippen LogP contribution in [0.1, 0.15) is 68.6 Å². The van der Waals surface area contributed by atoms with Gasteiger partial charge in [0.25, 0.3) is 0 Å². The van der Waals surface area contributed by atoms with Crippen LogP contribution in [0.25, 0.3) is 0 Å². The smallest absolute Gasteiger partial charge is 0.139 e. The van der Waals surface area contributed by atoms with E-state index in [4.69, 9.17) is 0 Å². The minimum Gasteiger partial charge on any atom is -0.508 e. The molecular weight excluding hydrogens is 272 g/mol. The number of fused-ring (bicyclic) bond motifs is 5. The second-order valence-electron chi connectivity index (χ2n) is 7.87. The van der Waals surface area contributed by atoms with Crippen LogP contribution in [-0.2, 0) is 17.6 Å². The summed E-state index contributed by atoms with van der Waals surface area (Å²) >= 11 is 0. The minimum absolute atomic E-state index is 0.0385. The number of carbonyl (C=O) groups excluding carboxylic acids is 1. The van der Waals surface area contributed by atoms with Crippen molar-refractivity contribution >= 4 is 5.78 Å². The van der Waals surface area contributed by atoms with Gasteiger partial charge in [-0.1, -0.05) is 19.9 Å². The zero-order valence-corrected chi connectivity index (χ0v) is 13.7. The van der Waals surface area contributed by atoms with Gasteiger partial charge in [-0.05, 0) is 79.0 Å². The van der Waals surface area contributed by atoms with Gasteiger partial charge < -0.3 is 5.11 Å². The average molecular weight is 298 g/mol. The average Bonchev–Trinajstić information content (AvgIpc) is 2.82. The molecule has 0 bridgehead atoms. The Morgan fingerprint density at radius 2 is 2.05 bits per heavy atom. The third-order valence-corrected chi connectivity index (χ3v) is 7.01. The third-order valence-electron chi connectivity index (χ3n) is 7.01. The van der Waals surface area contributed by atoms with E-state index in [0.29, 0.717) is 29.3 Å². The number of phenols is 1. The number of phenolic OH excluding ortho intramolecular Hbond substituents is 1. The number of ketones is 1. The first-order valence-electron chi connectivity index (χ1n) is 8.92. The quantitative estimate of drug-likeness (QED) is 0.835. The monoisotopic (exact) mass is 298 g/mol. The molecule has 0 aliphatic heterocycles. The first-order chi connectivity index (χ1) is 10.5. The number of aromatic hydroxyl groups is 1. The summed E-state index contributed by atoms with van der Waals surface area (Å²) in [4.78, 5) is 12.4. The van der Waals surface area contributed by atoms with Gasteiger partial charge in [-0.15, -0.1) is 0 Å². The molecule has 0 spiro atoms. The Morgan fingerprint density at radius 3 is 2.82 bits per heavy atom. The molecular formula is C20H26O2. The summed E-state index contributed by atoms with van der Waals surface area (Å²) in [5, 5.41) is 10.1. The fourth-order valence-electron chi connectivity index (χ4n) is 5.71. The van der Waals surface area contributed by atoms with E-state index in [9.17, 15) is 9.90 Å². The van der Waals surface area contributed by atoms with Crippen LogP contribution in [0.4, 0.5) is 0 Å². The van der Waals surface area contributed by atoms with E-state index in [1.807, 2.05) is 6.07 Å². The summed E-state index contributed by atoms with van der Waals surface area (Å²) in [6.07, 6.45) is 7.24. The van der Waals surface area contributed by atoms with Crippen LogP contribution in [0.2, 0.25) is 0 Å². The standard InChI is InChI=1S/C20H26O2/c1-3-12-10-16-13(11-18(12)21)4-5-15-14(16)8-9-20(2)17(15)6-7-19(20)22/h10-11,14-15,17,21H,3-9H2,1-2H3/t14-,15+,17-,20-/m0/s1. The van der Waals surface area contributed by atoms with E-state index in [2.05, 4.69) is 19.9 Å². The number of Topliss-reactive ketones (excluding diaryl/α,β-unsaturated/α-hetero) is 1. The van der Waals surface area contributed by atoms with E-state index in [-0.39, 0.29) is 5.41 Å². The summed E-state index contributed by atoms with van der Waals surface area (Å²) in [5.74, 6) is 2.86. The first kappa shape index (κ1) is 14.3. The van der Waals surface area contributed by atoms with Crippen molar-refractivity contribution in [1.82, 2.24) is 0 Å². The fraction of sp³-hybridized carbons (Fsp3) is 0.650. The molecule has 2 heteroatoms. The van der Waals surface area contributed by atoms with E-state index in [1.165, 1.54) is 17.5 Å². The number of rotatable bonds is 1. The lowest BCUT2D eigenvalue weighted by molar-refractivity contribution is -0.129. The van der Waals surface area contributed by atoms with Crippen LogP contribution >= 0.6 is 0 Å². The van der Waals surface area contributed by atoms with Gasteiger partial charge in [0.05, 0.1) is 0 Å². The molecule has 0 unspecified atom stereocenters. The van der Waals surface area contributed by atoms with Gasteiger partial charge in [-0.2, -0.15) is 0 Å². The maximum absolute atomic E-state index is 12.4. The van der Waals surface area contributed by atoms with E-state index < -0.39 is 0 Å². The summed E-state index contributed by atoms with van der Waals surface area (Å²) in [6.45, 7) is 4.34. The van der Waals surface area contributed by atoms with E-state index in [1.54, 1.807) is 0 Å². The van der Waals surface area contributed by atoms with Crippen molar-refractivity contribution in [2.24, 2.45) is 17.3 Å². The molecule has 118 valence electrons. The lowest BCUT2D eigenvalue weighted by Gasteiger charge is -2.48. The highest BCUT2D eigenvalue weighted by Gasteiger charge is 2.54. The highest BCUT2D eigenvalue weighted by Crippen LogP contribution is 2.59. The van der Waals surface area contributed by atoms with Crippen molar-refractivity contribution in [2.45, 2.75) is 64.7 Å². The molecule has 0 aromatic heterocycles. The Balaban J connectivity index is 1.74. The lowest BCUT2D eigenvalue weighted by atomic mass is 9.55. The highest BCUT2D eigenvalue weighted by molar-refractivity contribution is 5.87. The molecule has 1 aromatic carbocycles. The SMILES string of the molecule is CCc1cc2c(cc1O)CC[C@@H]1[C@@H]2CC[C@]2(C)C(=O)CC[C@@H]12. The van der Waals surface area contributed by atoms with Crippen LogP contribution < -0.4 is 0 Å². The number of hydrogen-bond donors (Lipinski definition) is 1. The topological polar surface area (TPSA) is 37.3 Å². The van der Waals surface area contributed by atoms with Gasteiger partial charge in [0, 0.05) is 11.8 Å².